The fraction of sp³-hybridized carbons (Fsp3) is 0.250. The minimum Gasteiger partial charge on any atom is -0.494 e. The number of benzene rings is 1. The summed E-state index contributed by atoms with van der Waals surface area (Å²) >= 11 is 0. The molecule has 0 aliphatic heterocycles. The molecule has 0 bridgehead atoms. The molecule has 107 valence electrons. The molecule has 0 atom stereocenters. The van der Waals surface area contributed by atoms with E-state index in [4.69, 9.17) is 9.26 Å². The Morgan fingerprint density at radius 3 is 2.76 bits per heavy atom. The molecular weight excluding hydrogens is 271 g/mol. The molecule has 0 unspecified atom stereocenters. The van der Waals surface area contributed by atoms with Gasteiger partial charge in [-0.25, -0.2) is 9.37 Å². The number of nitrogens with zero attached hydrogens (tertiary/aromatic N) is 2. The van der Waals surface area contributed by atoms with E-state index in [1.165, 1.54) is 7.11 Å². The van der Waals surface area contributed by atoms with Crippen molar-refractivity contribution in [3.63, 3.8) is 0 Å². The van der Waals surface area contributed by atoms with Crippen LogP contribution in [0.2, 0.25) is 0 Å². The Hall–Kier alpha value is -2.43. The summed E-state index contributed by atoms with van der Waals surface area (Å²) in [5, 5.41) is 4.56. The van der Waals surface area contributed by atoms with E-state index in [9.17, 15) is 4.39 Å². The number of hydrogen-bond donors (Lipinski definition) is 0. The summed E-state index contributed by atoms with van der Waals surface area (Å²) in [5.74, 6) is 0.648. The number of ether oxygens (including phenoxy) is 1. The van der Waals surface area contributed by atoms with Gasteiger partial charge in [-0.05, 0) is 24.3 Å². The van der Waals surface area contributed by atoms with Crippen LogP contribution in [-0.4, -0.2) is 17.3 Å². The molecule has 1 aromatic carbocycles. The lowest BCUT2D eigenvalue weighted by molar-refractivity contribution is 0.373. The van der Waals surface area contributed by atoms with Gasteiger partial charge in [-0.3, -0.25) is 0 Å². The molecule has 0 amide bonds. The van der Waals surface area contributed by atoms with Gasteiger partial charge in [0.25, 0.3) is 0 Å². The van der Waals surface area contributed by atoms with Gasteiger partial charge in [-0.1, -0.05) is 19.0 Å². The lowest BCUT2D eigenvalue weighted by atomic mass is 10.1. The third-order valence-electron chi connectivity index (χ3n) is 3.26. The highest BCUT2D eigenvalue weighted by molar-refractivity contribution is 5.82. The van der Waals surface area contributed by atoms with Crippen LogP contribution in [0.5, 0.6) is 5.75 Å². The Balaban J connectivity index is 2.13. The van der Waals surface area contributed by atoms with Crippen molar-refractivity contribution in [2.24, 2.45) is 0 Å². The van der Waals surface area contributed by atoms with E-state index < -0.39 is 5.82 Å². The summed E-state index contributed by atoms with van der Waals surface area (Å²) in [4.78, 5) is 4.32. The lowest BCUT2D eigenvalue weighted by Gasteiger charge is -2.05. The van der Waals surface area contributed by atoms with E-state index in [1.807, 2.05) is 19.9 Å². The van der Waals surface area contributed by atoms with E-state index in [2.05, 4.69) is 16.2 Å². The van der Waals surface area contributed by atoms with E-state index >= 15 is 0 Å². The summed E-state index contributed by atoms with van der Waals surface area (Å²) in [5.41, 5.74) is 1.30. The molecule has 0 saturated carbocycles. The van der Waals surface area contributed by atoms with Gasteiger partial charge in [0.05, 0.1) is 12.8 Å². The first kappa shape index (κ1) is 13.5. The molecule has 0 aliphatic carbocycles. The molecule has 0 spiro atoms. The molecule has 4 nitrogen and oxygen atoms in total. The molecule has 3 rings (SSSR count). The van der Waals surface area contributed by atoms with E-state index in [0.29, 0.717) is 16.8 Å². The highest BCUT2D eigenvalue weighted by Crippen LogP contribution is 2.28. The quantitative estimate of drug-likeness (QED) is 0.730. The first-order valence-corrected chi connectivity index (χ1v) is 6.62. The minimum absolute atomic E-state index is 0.156. The van der Waals surface area contributed by atoms with Crippen LogP contribution in [-0.2, 0) is 0 Å². The van der Waals surface area contributed by atoms with Crippen LogP contribution in [0.25, 0.3) is 22.3 Å². The molecule has 2 aromatic heterocycles. The number of methoxy groups -OCH3 is 1. The van der Waals surface area contributed by atoms with Gasteiger partial charge in [0.2, 0.25) is 0 Å². The lowest BCUT2D eigenvalue weighted by Crippen LogP contribution is -1.93. The Bertz CT molecular complexity index is 796. The Morgan fingerprint density at radius 2 is 2.10 bits per heavy atom. The average Bonchev–Trinajstić information content (AvgIpc) is 2.97. The Morgan fingerprint density at radius 1 is 1.29 bits per heavy atom. The van der Waals surface area contributed by atoms with Crippen molar-refractivity contribution >= 4 is 10.9 Å². The fourth-order valence-electron chi connectivity index (χ4n) is 2.04. The highest BCUT2D eigenvalue weighted by atomic mass is 19.1. The van der Waals surface area contributed by atoms with Gasteiger partial charge in [0.1, 0.15) is 17.0 Å². The van der Waals surface area contributed by atoms with Crippen LogP contribution >= 0.6 is 0 Å². The molecule has 2 heterocycles. The molecule has 1 radical (unpaired) electrons. The second-order valence-corrected chi connectivity index (χ2v) is 5.03. The maximum Gasteiger partial charge on any atom is 0.191 e. The van der Waals surface area contributed by atoms with Crippen LogP contribution in [0.1, 0.15) is 25.5 Å². The molecule has 0 saturated heterocycles. The van der Waals surface area contributed by atoms with Crippen molar-refractivity contribution in [3.05, 3.63) is 41.9 Å². The van der Waals surface area contributed by atoms with E-state index in [0.717, 1.165) is 5.76 Å². The SMILES string of the molecule is COc1ccc2[c]cc(-c3cc(C(C)C)on3)nc2c1F. The van der Waals surface area contributed by atoms with Crippen LogP contribution in [0.4, 0.5) is 4.39 Å². The summed E-state index contributed by atoms with van der Waals surface area (Å²) in [7, 11) is 1.42. The standard InChI is InChI=1S/C16H14FN2O2/c1-9(2)14-8-12(19-21-14)11-6-4-10-5-7-13(20-3)15(17)16(10)18-11/h5-9H,1-3H3. The smallest absolute Gasteiger partial charge is 0.191 e. The first-order chi connectivity index (χ1) is 10.1. The van der Waals surface area contributed by atoms with Crippen molar-refractivity contribution < 1.29 is 13.7 Å². The maximum absolute atomic E-state index is 14.2. The first-order valence-electron chi connectivity index (χ1n) is 6.62. The monoisotopic (exact) mass is 285 g/mol. The minimum atomic E-state index is -0.499. The number of halogens is 1. The summed E-state index contributed by atoms with van der Waals surface area (Å²) in [6.07, 6.45) is 0. The highest BCUT2D eigenvalue weighted by Gasteiger charge is 2.14. The third kappa shape index (κ3) is 2.35. The molecule has 0 fully saturated rings. The molecule has 3 aromatic rings. The van der Waals surface area contributed by atoms with Gasteiger partial charge in [-0.15, -0.1) is 0 Å². The summed E-state index contributed by atoms with van der Waals surface area (Å²) in [6.45, 7) is 4.02. The van der Waals surface area contributed by atoms with Crippen LogP contribution < -0.4 is 4.74 Å². The van der Waals surface area contributed by atoms with Crippen LogP contribution in [0.3, 0.4) is 0 Å². The second kappa shape index (κ2) is 5.16. The molecule has 21 heavy (non-hydrogen) atoms. The summed E-state index contributed by atoms with van der Waals surface area (Å²) in [6, 6.07) is 9.77. The fourth-order valence-corrected chi connectivity index (χ4v) is 2.04. The topological polar surface area (TPSA) is 48.2 Å². The molecular formula is C16H14FN2O2. The van der Waals surface area contributed by atoms with Gasteiger partial charge in [0, 0.05) is 17.4 Å². The van der Waals surface area contributed by atoms with E-state index in [-0.39, 0.29) is 17.2 Å². The van der Waals surface area contributed by atoms with Crippen molar-refractivity contribution in [3.8, 4) is 17.1 Å². The molecule has 0 aliphatic rings. The molecule has 5 heteroatoms. The van der Waals surface area contributed by atoms with Crippen molar-refractivity contribution in [1.29, 1.82) is 0 Å². The van der Waals surface area contributed by atoms with Crippen LogP contribution in [0.15, 0.2) is 28.8 Å². The van der Waals surface area contributed by atoms with E-state index in [1.54, 1.807) is 18.2 Å². The number of hydrogen-bond acceptors (Lipinski definition) is 4. The molecule has 0 N–H and O–H groups in total. The number of pyridine rings is 1. The number of rotatable bonds is 3. The van der Waals surface area contributed by atoms with Gasteiger partial charge in [-0.2, -0.15) is 0 Å². The number of fused-ring (bicyclic) bond motifs is 1. The predicted molar refractivity (Wildman–Crippen MR) is 76.7 cm³/mol. The predicted octanol–water partition coefficient (Wildman–Crippen LogP) is 3.96. The zero-order valence-corrected chi connectivity index (χ0v) is 12.0. The van der Waals surface area contributed by atoms with Crippen LogP contribution in [0, 0.1) is 11.9 Å². The van der Waals surface area contributed by atoms with Gasteiger partial charge >= 0.3 is 0 Å². The van der Waals surface area contributed by atoms with Gasteiger partial charge in [0.15, 0.2) is 11.6 Å². The number of aromatic nitrogens is 2. The summed E-state index contributed by atoms with van der Waals surface area (Å²) < 4.78 is 24.5. The third-order valence-corrected chi connectivity index (χ3v) is 3.26. The zero-order valence-electron chi connectivity index (χ0n) is 12.0. The Kier molecular flexibility index (Phi) is 3.33. The van der Waals surface area contributed by atoms with Crippen molar-refractivity contribution in [2.75, 3.05) is 7.11 Å². The Labute approximate surface area is 121 Å². The average molecular weight is 285 g/mol. The largest absolute Gasteiger partial charge is 0.494 e. The zero-order chi connectivity index (χ0) is 15.0. The van der Waals surface area contributed by atoms with Crippen molar-refractivity contribution in [1.82, 2.24) is 10.1 Å². The van der Waals surface area contributed by atoms with Gasteiger partial charge < -0.3 is 9.26 Å². The second-order valence-electron chi connectivity index (χ2n) is 5.03. The maximum atomic E-state index is 14.2. The normalized spacial score (nSPS) is 11.3. The van der Waals surface area contributed by atoms with Crippen molar-refractivity contribution in [2.45, 2.75) is 19.8 Å².